The zero-order valence-electron chi connectivity index (χ0n) is 23.9. The summed E-state index contributed by atoms with van der Waals surface area (Å²) in [4.78, 5) is 28.7. The number of carbonyl (C=O) groups excluding carboxylic acids is 2. The molecule has 2 saturated heterocycles. The Kier molecular flexibility index (Phi) is 8.47. The Morgan fingerprint density at radius 1 is 1.05 bits per heavy atom. The average Bonchev–Trinajstić information content (AvgIpc) is 3.72. The third kappa shape index (κ3) is 5.64. The molecule has 2 fully saturated rings. The molecule has 0 spiro atoms. The second-order valence-electron chi connectivity index (χ2n) is 11.3. The molecule has 43 heavy (non-hydrogen) atoms. The molecule has 0 saturated carbocycles. The van der Waals surface area contributed by atoms with E-state index < -0.39 is 19.0 Å². The van der Waals surface area contributed by atoms with Gasteiger partial charge in [-0.25, -0.2) is 0 Å². The number of aliphatic hydroxyl groups excluding tert-OH is 1. The van der Waals surface area contributed by atoms with E-state index in [1.807, 2.05) is 42.5 Å². The summed E-state index contributed by atoms with van der Waals surface area (Å²) < 4.78 is 17.7. The molecule has 2 aromatic carbocycles. The Morgan fingerprint density at radius 2 is 1.86 bits per heavy atom. The number of carbonyl (C=O) groups is 2. The first-order valence-corrected chi connectivity index (χ1v) is 14.5. The maximum Gasteiger partial charge on any atom is 0.488 e. The van der Waals surface area contributed by atoms with Gasteiger partial charge in [0.15, 0.2) is 0 Å². The summed E-state index contributed by atoms with van der Waals surface area (Å²) in [7, 11) is -0.0840. The van der Waals surface area contributed by atoms with E-state index in [1.165, 1.54) is 17.0 Å². The summed E-state index contributed by atoms with van der Waals surface area (Å²) in [5.41, 5.74) is 4.71. The van der Waals surface area contributed by atoms with Crippen molar-refractivity contribution in [1.29, 1.82) is 0 Å². The number of hydrogen-bond donors (Lipinski definition) is 3. The number of amides is 2. The van der Waals surface area contributed by atoms with E-state index in [4.69, 9.17) is 13.9 Å². The first-order chi connectivity index (χ1) is 20.9. The van der Waals surface area contributed by atoms with Crippen molar-refractivity contribution in [1.82, 2.24) is 0 Å². The van der Waals surface area contributed by atoms with Crippen molar-refractivity contribution in [3.8, 4) is 0 Å². The molecule has 6 rings (SSSR count). The van der Waals surface area contributed by atoms with Gasteiger partial charge >= 0.3 is 7.12 Å². The number of imide groups is 1. The Hall–Kier alpha value is -3.80. The fourth-order valence-electron chi connectivity index (χ4n) is 6.83. The highest BCUT2D eigenvalue weighted by molar-refractivity contribution is 6.58. The number of aliphatic hydroxyl groups is 1. The molecule has 3 N–H and O–H groups in total. The van der Waals surface area contributed by atoms with Gasteiger partial charge in [-0.1, -0.05) is 42.5 Å². The summed E-state index contributed by atoms with van der Waals surface area (Å²) >= 11 is 0. The van der Waals surface area contributed by atoms with Gasteiger partial charge in [0.2, 0.25) is 11.8 Å². The molecule has 2 amide bonds. The molecule has 2 aliphatic heterocycles. The minimum absolute atomic E-state index is 0.169. The monoisotopic (exact) mass is 583 g/mol. The lowest BCUT2D eigenvalue weighted by molar-refractivity contribution is -0.122. The third-order valence-corrected chi connectivity index (χ3v) is 8.73. The second kappa shape index (κ2) is 12.4. The van der Waals surface area contributed by atoms with Crippen molar-refractivity contribution >= 4 is 41.7 Å². The largest absolute Gasteiger partial charge is 0.488 e. The molecule has 1 aliphatic carbocycles. The number of rotatable bonds is 10. The van der Waals surface area contributed by atoms with Crippen LogP contribution in [0.25, 0.3) is 11.6 Å². The molecular formula is C33H34BNO8. The van der Waals surface area contributed by atoms with Crippen molar-refractivity contribution in [2.45, 2.75) is 32.0 Å². The standard InChI is InChI=1S/C33H34BNO8/c1-41-18-22-15-27-31(33(38)35(32(27)37)24-9-5-8-23(16-24)34(39)40)28-19-42-29(30(22)28)13-10-21(20-6-3-2-4-7-20)14-25-11-12-26(17-36)43-25/h2-9,11-12,14,16,27-29,31,36,39-40H,10,13,15,17-19H2,1H3/b21-14-/t27-,28+,29-,31-/m1/s1. The van der Waals surface area contributed by atoms with Crippen molar-refractivity contribution in [3.05, 3.63) is 95.0 Å². The Morgan fingerprint density at radius 3 is 2.58 bits per heavy atom. The summed E-state index contributed by atoms with van der Waals surface area (Å²) in [5, 5.41) is 28.7. The molecular weight excluding hydrogens is 549 g/mol. The number of ether oxygens (including phenoxy) is 2. The predicted molar refractivity (Wildman–Crippen MR) is 161 cm³/mol. The summed E-state index contributed by atoms with van der Waals surface area (Å²) in [6, 6.07) is 19.9. The van der Waals surface area contributed by atoms with Crippen LogP contribution in [0.5, 0.6) is 0 Å². The Labute approximate surface area is 250 Å². The number of hydrogen-bond acceptors (Lipinski definition) is 8. The number of nitrogens with zero attached hydrogens (tertiary/aromatic N) is 1. The molecule has 10 heteroatoms. The Balaban J connectivity index is 1.27. The van der Waals surface area contributed by atoms with Crippen LogP contribution in [0.3, 0.4) is 0 Å². The van der Waals surface area contributed by atoms with E-state index >= 15 is 0 Å². The van der Waals surface area contributed by atoms with E-state index in [9.17, 15) is 24.7 Å². The van der Waals surface area contributed by atoms with E-state index in [-0.39, 0.29) is 35.9 Å². The van der Waals surface area contributed by atoms with E-state index in [0.29, 0.717) is 49.7 Å². The molecule has 3 aromatic rings. The lowest BCUT2D eigenvalue weighted by Crippen LogP contribution is -2.36. The maximum atomic E-state index is 13.9. The van der Waals surface area contributed by atoms with Crippen LogP contribution in [0, 0.1) is 17.8 Å². The number of fused-ring (bicyclic) bond motifs is 3. The van der Waals surface area contributed by atoms with Gasteiger partial charge in [0, 0.05) is 13.0 Å². The van der Waals surface area contributed by atoms with Crippen molar-refractivity contribution in [2.24, 2.45) is 17.8 Å². The molecule has 4 atom stereocenters. The molecule has 9 nitrogen and oxygen atoms in total. The molecule has 3 aliphatic rings. The summed E-state index contributed by atoms with van der Waals surface area (Å²) in [5.74, 6) is -0.758. The van der Waals surface area contributed by atoms with Crippen LogP contribution in [-0.2, 0) is 25.7 Å². The molecule has 222 valence electrons. The smallest absolute Gasteiger partial charge is 0.459 e. The van der Waals surface area contributed by atoms with Gasteiger partial charge in [0.25, 0.3) is 0 Å². The number of allylic oxidation sites excluding steroid dienone is 1. The topological polar surface area (TPSA) is 130 Å². The predicted octanol–water partition coefficient (Wildman–Crippen LogP) is 2.94. The van der Waals surface area contributed by atoms with Gasteiger partial charge in [-0.2, -0.15) is 0 Å². The van der Waals surface area contributed by atoms with Crippen LogP contribution < -0.4 is 10.4 Å². The highest BCUT2D eigenvalue weighted by Gasteiger charge is 2.57. The van der Waals surface area contributed by atoms with Crippen LogP contribution in [0.2, 0.25) is 0 Å². The summed E-state index contributed by atoms with van der Waals surface area (Å²) in [6.45, 7) is 0.511. The fraction of sp³-hybridized carbons (Fsp3) is 0.333. The van der Waals surface area contributed by atoms with Gasteiger partial charge in [0.05, 0.1) is 36.8 Å². The number of anilines is 1. The zero-order valence-corrected chi connectivity index (χ0v) is 23.9. The lowest BCUT2D eigenvalue weighted by atomic mass is 9.69. The maximum absolute atomic E-state index is 13.9. The zero-order chi connectivity index (χ0) is 30.1. The first-order valence-electron chi connectivity index (χ1n) is 14.5. The second-order valence-corrected chi connectivity index (χ2v) is 11.3. The van der Waals surface area contributed by atoms with Crippen LogP contribution in [-0.4, -0.2) is 60.5 Å². The molecule has 0 radical (unpaired) electrons. The van der Waals surface area contributed by atoms with Crippen molar-refractivity contribution in [2.75, 3.05) is 25.2 Å². The van der Waals surface area contributed by atoms with Crippen molar-refractivity contribution in [3.63, 3.8) is 0 Å². The molecule has 0 bridgehead atoms. The fourth-order valence-corrected chi connectivity index (χ4v) is 6.83. The van der Waals surface area contributed by atoms with Crippen LogP contribution >= 0.6 is 0 Å². The number of furan rings is 1. The van der Waals surface area contributed by atoms with Gasteiger partial charge < -0.3 is 29.0 Å². The Bertz CT molecular complexity index is 1560. The molecule has 3 heterocycles. The minimum Gasteiger partial charge on any atom is -0.459 e. The highest BCUT2D eigenvalue weighted by Crippen LogP contribution is 2.50. The van der Waals surface area contributed by atoms with Gasteiger partial charge in [-0.15, -0.1) is 0 Å². The normalized spacial score (nSPS) is 23.6. The SMILES string of the molecule is COCC1=C2[C@@H](CC/C(=C/c3ccc(CO)o3)c3ccccc3)OC[C@@H]2[C@@H]2C(=O)N(c3cccc(B(O)O)c3)C(=O)[C@@H]2C1. The van der Waals surface area contributed by atoms with Crippen LogP contribution in [0.4, 0.5) is 5.69 Å². The quantitative estimate of drug-likeness (QED) is 0.189. The lowest BCUT2D eigenvalue weighted by Gasteiger charge is -2.31. The van der Waals surface area contributed by atoms with Gasteiger partial charge in [-0.3, -0.25) is 14.5 Å². The van der Waals surface area contributed by atoms with E-state index in [0.717, 1.165) is 22.3 Å². The van der Waals surface area contributed by atoms with Crippen LogP contribution in [0.1, 0.15) is 36.3 Å². The number of benzene rings is 2. The third-order valence-electron chi connectivity index (χ3n) is 8.73. The molecule has 1 aromatic heterocycles. The average molecular weight is 583 g/mol. The summed E-state index contributed by atoms with van der Waals surface area (Å²) in [6.07, 6.45) is 3.48. The van der Waals surface area contributed by atoms with E-state index in [1.54, 1.807) is 25.3 Å². The minimum atomic E-state index is -1.71. The van der Waals surface area contributed by atoms with Crippen LogP contribution in [0.15, 0.2) is 82.3 Å². The van der Waals surface area contributed by atoms with Gasteiger partial charge in [-0.05, 0) is 77.3 Å². The highest BCUT2D eigenvalue weighted by atomic mass is 16.5. The molecule has 0 unspecified atom stereocenters. The van der Waals surface area contributed by atoms with Gasteiger partial charge in [0.1, 0.15) is 18.1 Å². The van der Waals surface area contributed by atoms with E-state index in [2.05, 4.69) is 0 Å². The first kappa shape index (κ1) is 29.3. The van der Waals surface area contributed by atoms with Crippen molar-refractivity contribution < 1.29 is 38.6 Å². The number of methoxy groups -OCH3 is 1.